The maximum atomic E-state index is 5.96. The Morgan fingerprint density at radius 1 is 1.43 bits per heavy atom. The van der Waals surface area contributed by atoms with Crippen LogP contribution < -0.4 is 0 Å². The Balaban J connectivity index is 2.12. The molecule has 1 rings (SSSR count). The van der Waals surface area contributed by atoms with Gasteiger partial charge in [-0.15, -0.1) is 11.6 Å². The first-order chi connectivity index (χ1) is 6.72. The molecule has 0 aromatic rings. The van der Waals surface area contributed by atoms with E-state index in [1.54, 1.807) is 0 Å². The number of alkyl halides is 1. The lowest BCUT2D eigenvalue weighted by Gasteiger charge is -2.18. The molecular formula is C12H23ClO. The van der Waals surface area contributed by atoms with Gasteiger partial charge in [-0.25, -0.2) is 0 Å². The standard InChI is InChI=1S/C12H23ClO/c1-10(2)8-11(9-13)5-6-12-4-3-7-14-12/h10-12H,3-9H2,1-2H3. The van der Waals surface area contributed by atoms with Crippen LogP contribution in [0.25, 0.3) is 0 Å². The Bertz CT molecular complexity index is 141. The third kappa shape index (κ3) is 4.65. The van der Waals surface area contributed by atoms with Crippen LogP contribution in [0.15, 0.2) is 0 Å². The van der Waals surface area contributed by atoms with Crippen LogP contribution in [-0.2, 0) is 4.74 Å². The average Bonchev–Trinajstić information content (AvgIpc) is 2.64. The maximum absolute atomic E-state index is 5.96. The van der Waals surface area contributed by atoms with E-state index in [4.69, 9.17) is 16.3 Å². The molecule has 0 amide bonds. The Morgan fingerprint density at radius 3 is 2.71 bits per heavy atom. The lowest BCUT2D eigenvalue weighted by atomic mass is 9.93. The van der Waals surface area contributed by atoms with Crippen molar-refractivity contribution < 1.29 is 4.74 Å². The highest BCUT2D eigenvalue weighted by molar-refractivity contribution is 6.18. The molecule has 2 heteroatoms. The fraction of sp³-hybridized carbons (Fsp3) is 1.00. The predicted octanol–water partition coefficient (Wildman–Crippen LogP) is 3.85. The van der Waals surface area contributed by atoms with Gasteiger partial charge in [0.05, 0.1) is 6.10 Å². The zero-order valence-corrected chi connectivity index (χ0v) is 10.2. The van der Waals surface area contributed by atoms with E-state index in [0.717, 1.165) is 18.4 Å². The molecule has 0 bridgehead atoms. The van der Waals surface area contributed by atoms with Crippen LogP contribution in [0.4, 0.5) is 0 Å². The summed E-state index contributed by atoms with van der Waals surface area (Å²) in [5, 5.41) is 0. The molecule has 0 N–H and O–H groups in total. The van der Waals surface area contributed by atoms with Crippen molar-refractivity contribution in [3.8, 4) is 0 Å². The van der Waals surface area contributed by atoms with Crippen molar-refractivity contribution in [3.05, 3.63) is 0 Å². The molecular weight excluding hydrogens is 196 g/mol. The SMILES string of the molecule is CC(C)CC(CCl)CCC1CCCO1. The fourth-order valence-corrected chi connectivity index (χ4v) is 2.50. The van der Waals surface area contributed by atoms with Crippen LogP contribution >= 0.6 is 11.6 Å². The molecule has 1 aliphatic rings. The number of rotatable bonds is 6. The quantitative estimate of drug-likeness (QED) is 0.616. The van der Waals surface area contributed by atoms with Crippen molar-refractivity contribution in [2.75, 3.05) is 12.5 Å². The van der Waals surface area contributed by atoms with Crippen molar-refractivity contribution in [2.45, 2.75) is 52.1 Å². The normalized spacial score (nSPS) is 24.4. The molecule has 0 aliphatic carbocycles. The first-order valence-corrected chi connectivity index (χ1v) is 6.43. The summed E-state index contributed by atoms with van der Waals surface area (Å²) >= 11 is 5.96. The third-order valence-electron chi connectivity index (χ3n) is 2.94. The van der Waals surface area contributed by atoms with Crippen LogP contribution in [-0.4, -0.2) is 18.6 Å². The largest absolute Gasteiger partial charge is 0.378 e. The third-order valence-corrected chi connectivity index (χ3v) is 3.38. The second-order valence-corrected chi connectivity index (χ2v) is 5.17. The van der Waals surface area contributed by atoms with Gasteiger partial charge in [0, 0.05) is 12.5 Å². The van der Waals surface area contributed by atoms with Gasteiger partial charge in [0.25, 0.3) is 0 Å². The van der Waals surface area contributed by atoms with Crippen LogP contribution in [0, 0.1) is 11.8 Å². The van der Waals surface area contributed by atoms with Gasteiger partial charge >= 0.3 is 0 Å². The summed E-state index contributed by atoms with van der Waals surface area (Å²) in [5.41, 5.74) is 0. The molecule has 2 atom stereocenters. The fourth-order valence-electron chi connectivity index (χ4n) is 2.22. The second-order valence-electron chi connectivity index (χ2n) is 4.86. The molecule has 1 saturated heterocycles. The van der Waals surface area contributed by atoms with Gasteiger partial charge < -0.3 is 4.74 Å². The highest BCUT2D eigenvalue weighted by atomic mass is 35.5. The van der Waals surface area contributed by atoms with Crippen molar-refractivity contribution >= 4 is 11.6 Å². The van der Waals surface area contributed by atoms with Gasteiger partial charge in [0.2, 0.25) is 0 Å². The highest BCUT2D eigenvalue weighted by Crippen LogP contribution is 2.23. The Kier molecular flexibility index (Phi) is 5.88. The number of hydrogen-bond acceptors (Lipinski definition) is 1. The first kappa shape index (κ1) is 12.3. The Morgan fingerprint density at radius 2 is 2.21 bits per heavy atom. The van der Waals surface area contributed by atoms with Crippen molar-refractivity contribution in [3.63, 3.8) is 0 Å². The van der Waals surface area contributed by atoms with Crippen LogP contribution in [0.1, 0.15) is 46.0 Å². The molecule has 0 saturated carbocycles. The Labute approximate surface area is 93.2 Å². The minimum atomic E-state index is 0.535. The monoisotopic (exact) mass is 218 g/mol. The molecule has 1 fully saturated rings. The topological polar surface area (TPSA) is 9.23 Å². The summed E-state index contributed by atoms with van der Waals surface area (Å²) in [6.07, 6.45) is 6.76. The molecule has 0 spiro atoms. The summed E-state index contributed by atoms with van der Waals surface area (Å²) in [6.45, 7) is 5.51. The lowest BCUT2D eigenvalue weighted by Crippen LogP contribution is -2.12. The van der Waals surface area contributed by atoms with Gasteiger partial charge in [-0.1, -0.05) is 13.8 Å². The molecule has 1 heterocycles. The average molecular weight is 219 g/mol. The van der Waals surface area contributed by atoms with E-state index in [2.05, 4.69) is 13.8 Å². The van der Waals surface area contributed by atoms with Crippen molar-refractivity contribution in [1.29, 1.82) is 0 Å². The molecule has 0 radical (unpaired) electrons. The lowest BCUT2D eigenvalue weighted by molar-refractivity contribution is 0.0979. The van der Waals surface area contributed by atoms with E-state index in [1.807, 2.05) is 0 Å². The molecule has 1 nitrogen and oxygen atoms in total. The summed E-state index contributed by atoms with van der Waals surface area (Å²) in [7, 11) is 0. The molecule has 1 aliphatic heterocycles. The van der Waals surface area contributed by atoms with Crippen LogP contribution in [0.5, 0.6) is 0 Å². The molecule has 84 valence electrons. The smallest absolute Gasteiger partial charge is 0.0576 e. The summed E-state index contributed by atoms with van der Waals surface area (Å²) in [5.74, 6) is 2.27. The molecule has 0 aromatic heterocycles. The van der Waals surface area contributed by atoms with Crippen LogP contribution in [0.2, 0.25) is 0 Å². The van der Waals surface area contributed by atoms with E-state index in [1.165, 1.54) is 32.1 Å². The van der Waals surface area contributed by atoms with E-state index in [0.29, 0.717) is 12.0 Å². The predicted molar refractivity (Wildman–Crippen MR) is 61.9 cm³/mol. The van der Waals surface area contributed by atoms with Crippen molar-refractivity contribution in [1.82, 2.24) is 0 Å². The minimum Gasteiger partial charge on any atom is -0.378 e. The van der Waals surface area contributed by atoms with E-state index < -0.39 is 0 Å². The van der Waals surface area contributed by atoms with Gasteiger partial charge in [0.1, 0.15) is 0 Å². The highest BCUT2D eigenvalue weighted by Gasteiger charge is 2.18. The summed E-state index contributed by atoms with van der Waals surface area (Å²) in [6, 6.07) is 0. The second kappa shape index (κ2) is 6.68. The van der Waals surface area contributed by atoms with Gasteiger partial charge in [-0.3, -0.25) is 0 Å². The maximum Gasteiger partial charge on any atom is 0.0576 e. The number of hydrogen-bond donors (Lipinski definition) is 0. The number of ether oxygens (including phenoxy) is 1. The molecule has 2 unspecified atom stereocenters. The van der Waals surface area contributed by atoms with Gasteiger partial charge in [-0.05, 0) is 43.9 Å². The molecule has 14 heavy (non-hydrogen) atoms. The minimum absolute atomic E-state index is 0.535. The van der Waals surface area contributed by atoms with Crippen molar-refractivity contribution in [2.24, 2.45) is 11.8 Å². The van der Waals surface area contributed by atoms with Crippen LogP contribution in [0.3, 0.4) is 0 Å². The van der Waals surface area contributed by atoms with Gasteiger partial charge in [0.15, 0.2) is 0 Å². The first-order valence-electron chi connectivity index (χ1n) is 5.90. The summed E-state index contributed by atoms with van der Waals surface area (Å²) < 4.78 is 5.61. The van der Waals surface area contributed by atoms with E-state index in [9.17, 15) is 0 Å². The zero-order valence-electron chi connectivity index (χ0n) is 9.47. The van der Waals surface area contributed by atoms with Gasteiger partial charge in [-0.2, -0.15) is 0 Å². The molecule has 0 aromatic carbocycles. The number of halogens is 1. The Hall–Kier alpha value is 0.250. The summed E-state index contributed by atoms with van der Waals surface area (Å²) in [4.78, 5) is 0. The van der Waals surface area contributed by atoms with E-state index in [-0.39, 0.29) is 0 Å². The van der Waals surface area contributed by atoms with E-state index >= 15 is 0 Å². The zero-order chi connectivity index (χ0) is 10.4.